The zero-order chi connectivity index (χ0) is 19.9. The van der Waals surface area contributed by atoms with Crippen molar-refractivity contribution in [1.29, 1.82) is 0 Å². The maximum absolute atomic E-state index is 11.9. The number of allylic oxidation sites excluding steroid dienone is 1. The zero-order valence-electron chi connectivity index (χ0n) is 16.4. The second-order valence-corrected chi connectivity index (χ2v) is 8.35. The predicted molar refractivity (Wildman–Crippen MR) is 104 cm³/mol. The number of carboxylic acids is 1. The van der Waals surface area contributed by atoms with Gasteiger partial charge in [-0.2, -0.15) is 0 Å². The molecule has 1 aliphatic heterocycles. The molecule has 0 spiro atoms. The van der Waals surface area contributed by atoms with Gasteiger partial charge in [0, 0.05) is 11.5 Å². The highest BCUT2D eigenvalue weighted by Gasteiger charge is 2.54. The van der Waals surface area contributed by atoms with Crippen LogP contribution in [-0.2, 0) is 6.42 Å². The maximum Gasteiger partial charge on any atom is 0.339 e. The molecule has 148 valence electrons. The van der Waals surface area contributed by atoms with Gasteiger partial charge in [-0.3, -0.25) is 0 Å². The van der Waals surface area contributed by atoms with Gasteiger partial charge in [-0.15, -0.1) is 0 Å². The Kier molecular flexibility index (Phi) is 5.26. The Morgan fingerprint density at radius 1 is 1.41 bits per heavy atom. The van der Waals surface area contributed by atoms with E-state index < -0.39 is 17.7 Å². The second kappa shape index (κ2) is 7.19. The molecule has 5 nitrogen and oxygen atoms in total. The van der Waals surface area contributed by atoms with E-state index in [1.165, 1.54) is 0 Å². The first-order valence-electron chi connectivity index (χ1n) is 9.85. The fourth-order valence-corrected chi connectivity index (χ4v) is 4.74. The molecule has 1 aromatic carbocycles. The number of aromatic hydroxyl groups is 1. The van der Waals surface area contributed by atoms with E-state index in [4.69, 9.17) is 4.74 Å². The van der Waals surface area contributed by atoms with Gasteiger partial charge in [0.1, 0.15) is 23.2 Å². The van der Waals surface area contributed by atoms with E-state index in [0.717, 1.165) is 31.3 Å². The average Bonchev–Trinajstić information content (AvgIpc) is 2.95. The lowest BCUT2D eigenvalue weighted by Gasteiger charge is -2.42. The Balaban J connectivity index is 2.12. The monoisotopic (exact) mass is 374 g/mol. The molecule has 0 aromatic heterocycles. The van der Waals surface area contributed by atoms with Gasteiger partial charge in [0.25, 0.3) is 0 Å². The quantitative estimate of drug-likeness (QED) is 0.507. The maximum atomic E-state index is 11.9. The van der Waals surface area contributed by atoms with E-state index in [1.807, 2.05) is 6.92 Å². The van der Waals surface area contributed by atoms with E-state index in [9.17, 15) is 20.1 Å². The van der Waals surface area contributed by atoms with Crippen molar-refractivity contribution >= 4 is 5.97 Å². The molecule has 0 amide bonds. The molecule has 2 aliphatic rings. The van der Waals surface area contributed by atoms with Crippen molar-refractivity contribution in [2.24, 2.45) is 5.92 Å². The van der Waals surface area contributed by atoms with Gasteiger partial charge in [-0.1, -0.05) is 31.9 Å². The summed E-state index contributed by atoms with van der Waals surface area (Å²) in [6.45, 7) is 9.86. The zero-order valence-corrected chi connectivity index (χ0v) is 16.4. The smallest absolute Gasteiger partial charge is 0.339 e. The molecule has 1 aromatic rings. The SMILES string of the molecule is C=C(C)[C@H]1CC[C@](C)(O)[C@H]2Oc3cc(CCCCC)c(C(=O)O)c(O)c3[C@@H]12. The third kappa shape index (κ3) is 3.33. The number of fused-ring (bicyclic) bond motifs is 3. The third-order valence-corrected chi connectivity index (χ3v) is 6.20. The molecule has 0 unspecified atom stereocenters. The van der Waals surface area contributed by atoms with Gasteiger partial charge in [-0.25, -0.2) is 4.79 Å². The predicted octanol–water partition coefficient (Wildman–Crippen LogP) is 4.40. The molecule has 1 aliphatic carbocycles. The number of benzene rings is 1. The van der Waals surface area contributed by atoms with E-state index in [0.29, 0.717) is 29.7 Å². The first-order valence-corrected chi connectivity index (χ1v) is 9.85. The number of aliphatic hydroxyl groups is 1. The summed E-state index contributed by atoms with van der Waals surface area (Å²) in [6.07, 6.45) is 4.26. The lowest BCUT2D eigenvalue weighted by molar-refractivity contribution is -0.0824. The van der Waals surface area contributed by atoms with E-state index >= 15 is 0 Å². The summed E-state index contributed by atoms with van der Waals surface area (Å²) in [4.78, 5) is 11.9. The number of unbranched alkanes of at least 4 members (excludes halogenated alkanes) is 2. The Bertz CT molecular complexity index is 764. The average molecular weight is 374 g/mol. The highest BCUT2D eigenvalue weighted by molar-refractivity contribution is 5.94. The first-order chi connectivity index (χ1) is 12.7. The molecule has 3 rings (SSSR count). The number of ether oxygens (including phenoxy) is 1. The van der Waals surface area contributed by atoms with E-state index in [2.05, 4.69) is 13.5 Å². The van der Waals surface area contributed by atoms with Gasteiger partial charge < -0.3 is 20.1 Å². The molecule has 5 heteroatoms. The van der Waals surface area contributed by atoms with Crippen LogP contribution in [0.15, 0.2) is 18.2 Å². The van der Waals surface area contributed by atoms with Gasteiger partial charge >= 0.3 is 5.97 Å². The first kappa shape index (κ1) is 19.7. The molecule has 0 saturated heterocycles. The lowest BCUT2D eigenvalue weighted by atomic mass is 9.66. The van der Waals surface area contributed by atoms with Crippen molar-refractivity contribution in [2.45, 2.75) is 76.9 Å². The molecule has 0 radical (unpaired) electrons. The molecule has 1 heterocycles. The minimum absolute atomic E-state index is 0.0280. The van der Waals surface area contributed by atoms with Crippen LogP contribution >= 0.6 is 0 Å². The van der Waals surface area contributed by atoms with Crippen LogP contribution in [-0.4, -0.2) is 33.0 Å². The van der Waals surface area contributed by atoms with Crippen LogP contribution in [0.2, 0.25) is 0 Å². The highest BCUT2D eigenvalue weighted by atomic mass is 16.5. The standard InChI is InChI=1S/C22H30O5/c1-5-6-7-8-13-11-15-18(19(23)16(13)21(24)25)17-14(12(2)3)9-10-22(4,26)20(17)27-15/h11,14,17,20,23,26H,2,5-10H2,1,3-4H3,(H,24,25)/t14-,17-,20+,22+/m1/s1. The largest absolute Gasteiger partial charge is 0.507 e. The number of phenols is 1. The molecule has 27 heavy (non-hydrogen) atoms. The van der Waals surface area contributed by atoms with Crippen LogP contribution in [0.5, 0.6) is 11.5 Å². The van der Waals surface area contributed by atoms with Crippen molar-refractivity contribution in [3.63, 3.8) is 0 Å². The highest BCUT2D eigenvalue weighted by Crippen LogP contribution is 2.57. The van der Waals surface area contributed by atoms with Crippen LogP contribution in [0, 0.1) is 5.92 Å². The van der Waals surface area contributed by atoms with Gasteiger partial charge in [0.2, 0.25) is 0 Å². The Morgan fingerprint density at radius 2 is 2.11 bits per heavy atom. The topological polar surface area (TPSA) is 87.0 Å². The normalized spacial score (nSPS) is 29.0. The molecule has 4 atom stereocenters. The third-order valence-electron chi connectivity index (χ3n) is 6.20. The summed E-state index contributed by atoms with van der Waals surface area (Å²) < 4.78 is 6.13. The Hall–Kier alpha value is -2.01. The second-order valence-electron chi connectivity index (χ2n) is 8.35. The van der Waals surface area contributed by atoms with Crippen LogP contribution in [0.1, 0.15) is 80.3 Å². The van der Waals surface area contributed by atoms with Gasteiger partial charge in [0.05, 0.1) is 5.60 Å². The van der Waals surface area contributed by atoms with Crippen molar-refractivity contribution in [1.82, 2.24) is 0 Å². The minimum Gasteiger partial charge on any atom is -0.507 e. The number of hydrogen-bond acceptors (Lipinski definition) is 4. The molecule has 1 saturated carbocycles. The summed E-state index contributed by atoms with van der Waals surface area (Å²) in [7, 11) is 0. The van der Waals surface area contributed by atoms with Gasteiger partial charge in [0.15, 0.2) is 0 Å². The number of rotatable bonds is 6. The van der Waals surface area contributed by atoms with Crippen molar-refractivity contribution in [3.8, 4) is 11.5 Å². The van der Waals surface area contributed by atoms with Crippen LogP contribution in [0.25, 0.3) is 0 Å². The summed E-state index contributed by atoms with van der Waals surface area (Å²) in [5, 5.41) is 31.6. The number of carbonyl (C=O) groups is 1. The van der Waals surface area contributed by atoms with Crippen molar-refractivity contribution in [2.75, 3.05) is 0 Å². The summed E-state index contributed by atoms with van der Waals surface area (Å²) in [5.74, 6) is -1.07. The number of aromatic carboxylic acids is 1. The molecule has 3 N–H and O–H groups in total. The summed E-state index contributed by atoms with van der Waals surface area (Å²) >= 11 is 0. The molecule has 1 fully saturated rings. The molecule has 0 bridgehead atoms. The number of carboxylic acid groups (broad SMARTS) is 1. The van der Waals surface area contributed by atoms with Crippen molar-refractivity contribution < 1.29 is 24.9 Å². The van der Waals surface area contributed by atoms with Crippen molar-refractivity contribution in [3.05, 3.63) is 34.9 Å². The van der Waals surface area contributed by atoms with Crippen LogP contribution in [0.4, 0.5) is 0 Å². The van der Waals surface area contributed by atoms with Gasteiger partial charge in [-0.05, 0) is 57.1 Å². The minimum atomic E-state index is -1.13. The molecular formula is C22H30O5. The fourth-order valence-electron chi connectivity index (χ4n) is 4.74. The van der Waals surface area contributed by atoms with E-state index in [-0.39, 0.29) is 23.1 Å². The number of hydrogen-bond donors (Lipinski definition) is 3. The van der Waals surface area contributed by atoms with Crippen LogP contribution < -0.4 is 4.74 Å². The summed E-state index contributed by atoms with van der Waals surface area (Å²) in [6, 6.07) is 1.76. The van der Waals surface area contributed by atoms with Crippen LogP contribution in [0.3, 0.4) is 0 Å². The lowest BCUT2D eigenvalue weighted by Crippen LogP contribution is -2.50. The Labute approximate surface area is 160 Å². The van der Waals surface area contributed by atoms with E-state index in [1.54, 1.807) is 13.0 Å². The molecular weight excluding hydrogens is 344 g/mol. The Morgan fingerprint density at radius 3 is 2.70 bits per heavy atom. The fraction of sp³-hybridized carbons (Fsp3) is 0.591. The summed E-state index contributed by atoms with van der Waals surface area (Å²) in [5.41, 5.74) is 1.01. The number of aryl methyl sites for hydroxylation is 1.